The summed E-state index contributed by atoms with van der Waals surface area (Å²) in [6.07, 6.45) is 0.215. The molecule has 19 heavy (non-hydrogen) atoms. The summed E-state index contributed by atoms with van der Waals surface area (Å²) in [6, 6.07) is 19.5. The summed E-state index contributed by atoms with van der Waals surface area (Å²) in [4.78, 5) is 0. The highest BCUT2D eigenvalue weighted by molar-refractivity contribution is 5.30. The van der Waals surface area contributed by atoms with E-state index in [9.17, 15) is 0 Å². The molecule has 0 saturated carbocycles. The van der Waals surface area contributed by atoms with E-state index in [0.717, 1.165) is 17.9 Å². The van der Waals surface area contributed by atoms with Crippen LogP contribution in [0.3, 0.4) is 0 Å². The molecule has 2 aromatic carbocycles. The van der Waals surface area contributed by atoms with Crippen molar-refractivity contribution in [3.8, 4) is 11.5 Å². The Morgan fingerprint density at radius 2 is 1.26 bits per heavy atom. The minimum Gasteiger partial charge on any atom is -0.457 e. The summed E-state index contributed by atoms with van der Waals surface area (Å²) >= 11 is 0. The number of hydrogen-bond donors (Lipinski definition) is 2. The third kappa shape index (κ3) is 7.24. The summed E-state index contributed by atoms with van der Waals surface area (Å²) in [7, 11) is 0. The number of ether oxygens (including phenoxy) is 1. The first-order chi connectivity index (χ1) is 9.22. The van der Waals surface area contributed by atoms with Crippen LogP contribution in [0.25, 0.3) is 0 Å². The molecule has 2 rings (SSSR count). The summed E-state index contributed by atoms with van der Waals surface area (Å²) < 4.78 is 5.58. The molecule has 0 aliphatic rings. The molecule has 0 saturated heterocycles. The van der Waals surface area contributed by atoms with Crippen molar-refractivity contribution >= 4 is 0 Å². The predicted molar refractivity (Wildman–Crippen MR) is 76.1 cm³/mol. The second-order valence-corrected chi connectivity index (χ2v) is 4.00. The summed E-state index contributed by atoms with van der Waals surface area (Å²) in [6.45, 7) is 1.90. The molecule has 3 nitrogen and oxygen atoms in total. The van der Waals surface area contributed by atoms with Crippen LogP contribution in [0.5, 0.6) is 11.5 Å². The Morgan fingerprint density at radius 1 is 0.842 bits per heavy atom. The number of aliphatic hydroxyl groups excluding tert-OH is 1. The summed E-state index contributed by atoms with van der Waals surface area (Å²) in [5.74, 6) is 1.74. The monoisotopic (exact) mass is 260 g/mol. The molecular formula is C16H20O3. The van der Waals surface area contributed by atoms with E-state index in [1.807, 2.05) is 67.6 Å². The maximum Gasteiger partial charge on any atom is 0.151 e. The molecule has 2 aromatic rings. The van der Waals surface area contributed by atoms with Gasteiger partial charge in [-0.1, -0.05) is 49.7 Å². The van der Waals surface area contributed by atoms with Crippen LogP contribution in [0, 0.1) is 0 Å². The van der Waals surface area contributed by atoms with Crippen molar-refractivity contribution in [3.63, 3.8) is 0 Å². The van der Waals surface area contributed by atoms with E-state index >= 15 is 0 Å². The van der Waals surface area contributed by atoms with Crippen molar-refractivity contribution in [2.45, 2.75) is 26.1 Å². The largest absolute Gasteiger partial charge is 0.457 e. The molecule has 0 spiro atoms. The van der Waals surface area contributed by atoms with E-state index in [1.54, 1.807) is 0 Å². The Balaban J connectivity index is 0.000000258. The van der Waals surface area contributed by atoms with Crippen molar-refractivity contribution in [3.05, 3.63) is 60.7 Å². The van der Waals surface area contributed by atoms with Gasteiger partial charge in [-0.05, 0) is 30.7 Å². The lowest BCUT2D eigenvalue weighted by Crippen LogP contribution is -2.01. The highest BCUT2D eigenvalue weighted by Crippen LogP contribution is 2.19. The lowest BCUT2D eigenvalue weighted by Gasteiger charge is -2.03. The van der Waals surface area contributed by atoms with Gasteiger partial charge in [-0.25, -0.2) is 0 Å². The molecular weight excluding hydrogens is 240 g/mol. The molecule has 2 N–H and O–H groups in total. The molecule has 0 amide bonds. The minimum atomic E-state index is -1.10. The highest BCUT2D eigenvalue weighted by Gasteiger charge is 1.92. The SMILES string of the molecule is CCCC(O)O.c1ccc(Oc2ccccc2)cc1. The molecule has 0 aromatic heterocycles. The normalized spacial score (nSPS) is 9.68. The van der Waals surface area contributed by atoms with Gasteiger partial charge in [0.25, 0.3) is 0 Å². The molecule has 0 unspecified atom stereocenters. The van der Waals surface area contributed by atoms with Crippen LogP contribution in [-0.2, 0) is 0 Å². The Kier molecular flexibility index (Phi) is 7.32. The minimum absolute atomic E-state index is 0.486. The maximum absolute atomic E-state index is 8.11. The smallest absolute Gasteiger partial charge is 0.151 e. The van der Waals surface area contributed by atoms with Gasteiger partial charge in [0.2, 0.25) is 0 Å². The lowest BCUT2D eigenvalue weighted by atomic mass is 10.3. The standard InChI is InChI=1S/C12H10O.C4H10O2/c1-3-7-11(8-4-1)13-12-9-5-2-6-10-12;1-2-3-4(5)6/h1-10H;4-6H,2-3H2,1H3. The molecule has 0 aliphatic carbocycles. The number of para-hydroxylation sites is 2. The second kappa shape index (κ2) is 9.14. The average Bonchev–Trinajstić information content (AvgIpc) is 2.41. The van der Waals surface area contributed by atoms with E-state index in [2.05, 4.69) is 0 Å². The summed E-state index contributed by atoms with van der Waals surface area (Å²) in [5.41, 5.74) is 0. The zero-order valence-electron chi connectivity index (χ0n) is 11.1. The number of hydrogen-bond acceptors (Lipinski definition) is 3. The Bertz CT molecular complexity index is 389. The first-order valence-corrected chi connectivity index (χ1v) is 6.36. The predicted octanol–water partition coefficient (Wildman–Crippen LogP) is 3.58. The van der Waals surface area contributed by atoms with Crippen LogP contribution < -0.4 is 4.74 Å². The van der Waals surface area contributed by atoms with Crippen LogP contribution in [-0.4, -0.2) is 16.5 Å². The van der Waals surface area contributed by atoms with Gasteiger partial charge < -0.3 is 14.9 Å². The Labute approximate surface area is 114 Å². The van der Waals surface area contributed by atoms with E-state index in [0.29, 0.717) is 6.42 Å². The number of benzene rings is 2. The fourth-order valence-electron chi connectivity index (χ4n) is 1.37. The van der Waals surface area contributed by atoms with Gasteiger partial charge in [-0.15, -0.1) is 0 Å². The van der Waals surface area contributed by atoms with Crippen LogP contribution in [0.2, 0.25) is 0 Å². The van der Waals surface area contributed by atoms with Crippen LogP contribution >= 0.6 is 0 Å². The Hall–Kier alpha value is -1.84. The molecule has 3 heteroatoms. The van der Waals surface area contributed by atoms with Crippen LogP contribution in [0.4, 0.5) is 0 Å². The van der Waals surface area contributed by atoms with Crippen molar-refractivity contribution in [2.24, 2.45) is 0 Å². The fourth-order valence-corrected chi connectivity index (χ4v) is 1.37. The maximum atomic E-state index is 8.11. The number of rotatable bonds is 4. The second-order valence-electron chi connectivity index (χ2n) is 4.00. The van der Waals surface area contributed by atoms with Crippen molar-refractivity contribution < 1.29 is 14.9 Å². The molecule has 0 fully saturated rings. The molecule has 0 aliphatic heterocycles. The molecule has 102 valence electrons. The molecule has 0 bridgehead atoms. The first-order valence-electron chi connectivity index (χ1n) is 6.36. The molecule has 0 radical (unpaired) electrons. The van der Waals surface area contributed by atoms with Gasteiger partial charge in [-0.3, -0.25) is 0 Å². The van der Waals surface area contributed by atoms with Gasteiger partial charge in [0, 0.05) is 0 Å². The third-order valence-electron chi connectivity index (χ3n) is 2.27. The van der Waals surface area contributed by atoms with Crippen molar-refractivity contribution in [1.82, 2.24) is 0 Å². The van der Waals surface area contributed by atoms with Gasteiger partial charge >= 0.3 is 0 Å². The Morgan fingerprint density at radius 3 is 1.53 bits per heavy atom. The topological polar surface area (TPSA) is 49.7 Å². The van der Waals surface area contributed by atoms with Crippen LogP contribution in [0.15, 0.2) is 60.7 Å². The molecule has 0 atom stereocenters. The van der Waals surface area contributed by atoms with Gasteiger partial charge in [0.05, 0.1) is 0 Å². The van der Waals surface area contributed by atoms with E-state index in [1.165, 1.54) is 0 Å². The van der Waals surface area contributed by atoms with E-state index in [4.69, 9.17) is 14.9 Å². The van der Waals surface area contributed by atoms with Gasteiger partial charge in [-0.2, -0.15) is 0 Å². The first kappa shape index (κ1) is 15.2. The van der Waals surface area contributed by atoms with E-state index in [-0.39, 0.29) is 0 Å². The third-order valence-corrected chi connectivity index (χ3v) is 2.27. The van der Waals surface area contributed by atoms with Gasteiger partial charge in [0.1, 0.15) is 11.5 Å². The summed E-state index contributed by atoms with van der Waals surface area (Å²) in [5, 5.41) is 16.2. The zero-order valence-corrected chi connectivity index (χ0v) is 11.1. The van der Waals surface area contributed by atoms with Crippen molar-refractivity contribution in [2.75, 3.05) is 0 Å². The molecule has 0 heterocycles. The highest BCUT2D eigenvalue weighted by atomic mass is 16.5. The van der Waals surface area contributed by atoms with Crippen molar-refractivity contribution in [1.29, 1.82) is 0 Å². The van der Waals surface area contributed by atoms with E-state index < -0.39 is 6.29 Å². The van der Waals surface area contributed by atoms with Crippen LogP contribution in [0.1, 0.15) is 19.8 Å². The average molecular weight is 260 g/mol. The van der Waals surface area contributed by atoms with Gasteiger partial charge in [0.15, 0.2) is 6.29 Å². The quantitative estimate of drug-likeness (QED) is 0.826. The number of aliphatic hydroxyl groups is 2. The fraction of sp³-hybridized carbons (Fsp3) is 0.250. The lowest BCUT2D eigenvalue weighted by molar-refractivity contribution is -0.0453. The zero-order chi connectivity index (χ0) is 13.9.